The van der Waals surface area contributed by atoms with Crippen molar-refractivity contribution in [2.75, 3.05) is 13.7 Å². The van der Waals surface area contributed by atoms with E-state index in [1.165, 1.54) is 13.2 Å². The van der Waals surface area contributed by atoms with E-state index >= 15 is 0 Å². The van der Waals surface area contributed by atoms with Gasteiger partial charge in [0, 0.05) is 5.56 Å². The molecule has 0 aliphatic heterocycles. The van der Waals surface area contributed by atoms with Crippen LogP contribution in [0.2, 0.25) is 0 Å². The van der Waals surface area contributed by atoms with Gasteiger partial charge < -0.3 is 9.47 Å². The van der Waals surface area contributed by atoms with E-state index in [1.54, 1.807) is 19.1 Å². The van der Waals surface area contributed by atoms with E-state index in [0.29, 0.717) is 5.56 Å². The topological polar surface area (TPSA) is 78.7 Å². The average Bonchev–Trinajstić information content (AvgIpc) is 2.28. The van der Waals surface area contributed by atoms with Crippen molar-refractivity contribution in [2.24, 2.45) is 0 Å². The number of ether oxygens (including phenoxy) is 2. The van der Waals surface area contributed by atoms with Crippen molar-refractivity contribution in [3.8, 4) is 5.75 Å². The van der Waals surface area contributed by atoms with Crippen LogP contribution in [0, 0.1) is 17.0 Å². The minimum absolute atomic E-state index is 0.0525. The Labute approximate surface area is 98.3 Å². The molecule has 0 radical (unpaired) electrons. The second-order valence-corrected chi connectivity index (χ2v) is 3.35. The lowest BCUT2D eigenvalue weighted by molar-refractivity contribution is -0.386. The van der Waals surface area contributed by atoms with Gasteiger partial charge in [0.25, 0.3) is 0 Å². The zero-order valence-corrected chi connectivity index (χ0v) is 9.63. The number of esters is 1. The monoisotopic (exact) mass is 239 g/mol. The van der Waals surface area contributed by atoms with Crippen LogP contribution < -0.4 is 4.74 Å². The van der Waals surface area contributed by atoms with Gasteiger partial charge in [-0.1, -0.05) is 12.1 Å². The lowest BCUT2D eigenvalue weighted by Crippen LogP contribution is -2.08. The Hall–Kier alpha value is -2.11. The second-order valence-electron chi connectivity index (χ2n) is 3.35. The Morgan fingerprint density at radius 1 is 1.47 bits per heavy atom. The minimum atomic E-state index is -0.497. The van der Waals surface area contributed by atoms with Crippen molar-refractivity contribution in [3.63, 3.8) is 0 Å². The SMILES string of the molecule is COC(=O)CCOc1cccc(C)c1[N+](=O)[O-]. The van der Waals surface area contributed by atoms with Crippen molar-refractivity contribution in [1.29, 1.82) is 0 Å². The maximum absolute atomic E-state index is 10.9. The molecule has 0 saturated heterocycles. The Bertz CT molecular complexity index is 430. The Morgan fingerprint density at radius 3 is 2.76 bits per heavy atom. The van der Waals surface area contributed by atoms with Crippen LogP contribution in [-0.2, 0) is 9.53 Å². The molecule has 1 rings (SSSR count). The second kappa shape index (κ2) is 5.83. The maximum atomic E-state index is 10.9. The van der Waals surface area contributed by atoms with Gasteiger partial charge in [0.2, 0.25) is 0 Å². The van der Waals surface area contributed by atoms with Crippen LogP contribution in [0.3, 0.4) is 0 Å². The van der Waals surface area contributed by atoms with Crippen LogP contribution >= 0.6 is 0 Å². The Kier molecular flexibility index (Phi) is 4.45. The highest BCUT2D eigenvalue weighted by Crippen LogP contribution is 2.30. The molecular weight excluding hydrogens is 226 g/mol. The third-order valence-corrected chi connectivity index (χ3v) is 2.17. The van der Waals surface area contributed by atoms with E-state index < -0.39 is 10.9 Å². The maximum Gasteiger partial charge on any atom is 0.313 e. The van der Waals surface area contributed by atoms with Gasteiger partial charge >= 0.3 is 11.7 Å². The molecule has 0 unspecified atom stereocenters. The van der Waals surface area contributed by atoms with Crippen molar-refractivity contribution >= 4 is 11.7 Å². The van der Waals surface area contributed by atoms with E-state index in [4.69, 9.17) is 4.74 Å². The number of para-hydroxylation sites is 1. The van der Waals surface area contributed by atoms with Gasteiger partial charge in [-0.25, -0.2) is 0 Å². The molecule has 6 heteroatoms. The average molecular weight is 239 g/mol. The molecule has 0 aliphatic rings. The quantitative estimate of drug-likeness (QED) is 0.445. The first kappa shape index (κ1) is 13.0. The van der Waals surface area contributed by atoms with Crippen LogP contribution in [0.4, 0.5) is 5.69 Å². The molecule has 0 saturated carbocycles. The number of carbonyl (C=O) groups is 1. The minimum Gasteiger partial charge on any atom is -0.486 e. The van der Waals surface area contributed by atoms with Crippen LogP contribution in [0.5, 0.6) is 5.75 Å². The molecular formula is C11H13NO5. The van der Waals surface area contributed by atoms with Crippen molar-refractivity contribution < 1.29 is 19.2 Å². The normalized spacial score (nSPS) is 9.76. The molecule has 17 heavy (non-hydrogen) atoms. The number of nitrogens with zero attached hydrogens (tertiary/aromatic N) is 1. The van der Waals surface area contributed by atoms with Gasteiger partial charge in [0.05, 0.1) is 25.1 Å². The van der Waals surface area contributed by atoms with E-state index in [9.17, 15) is 14.9 Å². The molecule has 1 aromatic carbocycles. The van der Waals surface area contributed by atoms with Crippen LogP contribution in [-0.4, -0.2) is 24.6 Å². The summed E-state index contributed by atoms with van der Waals surface area (Å²) in [7, 11) is 1.28. The highest BCUT2D eigenvalue weighted by molar-refractivity contribution is 5.69. The van der Waals surface area contributed by atoms with Crippen molar-refractivity contribution in [1.82, 2.24) is 0 Å². The number of benzene rings is 1. The number of carbonyl (C=O) groups excluding carboxylic acids is 1. The van der Waals surface area contributed by atoms with Crippen LogP contribution in [0.25, 0.3) is 0 Å². The van der Waals surface area contributed by atoms with E-state index in [2.05, 4.69) is 4.74 Å². The molecule has 0 fully saturated rings. The van der Waals surface area contributed by atoms with Crippen molar-refractivity contribution in [3.05, 3.63) is 33.9 Å². The van der Waals surface area contributed by atoms with E-state index in [-0.39, 0.29) is 24.5 Å². The smallest absolute Gasteiger partial charge is 0.313 e. The van der Waals surface area contributed by atoms with Crippen molar-refractivity contribution in [2.45, 2.75) is 13.3 Å². The lowest BCUT2D eigenvalue weighted by Gasteiger charge is -2.07. The standard InChI is InChI=1S/C11H13NO5/c1-8-4-3-5-9(11(8)12(14)15)17-7-6-10(13)16-2/h3-5H,6-7H2,1-2H3. The molecule has 0 spiro atoms. The number of hydrogen-bond acceptors (Lipinski definition) is 5. The predicted molar refractivity (Wildman–Crippen MR) is 60.0 cm³/mol. The first-order chi connectivity index (χ1) is 8.06. The third-order valence-electron chi connectivity index (χ3n) is 2.17. The molecule has 6 nitrogen and oxygen atoms in total. The summed E-state index contributed by atoms with van der Waals surface area (Å²) in [5.74, 6) is -0.251. The first-order valence-corrected chi connectivity index (χ1v) is 5.00. The molecule has 0 bridgehead atoms. The summed E-state index contributed by atoms with van der Waals surface area (Å²) in [6.07, 6.45) is 0.0571. The third kappa shape index (κ3) is 3.44. The molecule has 1 aromatic rings. The first-order valence-electron chi connectivity index (χ1n) is 5.00. The van der Waals surface area contributed by atoms with Gasteiger partial charge in [-0.05, 0) is 13.0 Å². The predicted octanol–water partition coefficient (Wildman–Crippen LogP) is 1.85. The Balaban J connectivity index is 2.74. The summed E-state index contributed by atoms with van der Waals surface area (Å²) in [4.78, 5) is 21.2. The van der Waals surface area contributed by atoms with Gasteiger partial charge in [0.15, 0.2) is 5.75 Å². The molecule has 0 heterocycles. The highest BCUT2D eigenvalue weighted by atomic mass is 16.6. The number of hydrogen-bond donors (Lipinski definition) is 0. The number of aryl methyl sites for hydroxylation is 1. The zero-order valence-electron chi connectivity index (χ0n) is 9.63. The molecule has 0 N–H and O–H groups in total. The van der Waals surface area contributed by atoms with Gasteiger partial charge in [0.1, 0.15) is 0 Å². The summed E-state index contributed by atoms with van der Waals surface area (Å²) in [5, 5.41) is 10.8. The van der Waals surface area contributed by atoms with Gasteiger partial charge in [-0.2, -0.15) is 0 Å². The van der Waals surface area contributed by atoms with Crippen LogP contribution in [0.15, 0.2) is 18.2 Å². The summed E-state index contributed by atoms with van der Waals surface area (Å²) in [6.45, 7) is 1.68. The molecule has 0 aromatic heterocycles. The molecule has 0 amide bonds. The summed E-state index contributed by atoms with van der Waals surface area (Å²) < 4.78 is 9.65. The fourth-order valence-corrected chi connectivity index (χ4v) is 1.33. The fourth-order valence-electron chi connectivity index (χ4n) is 1.33. The van der Waals surface area contributed by atoms with Gasteiger partial charge in [-0.15, -0.1) is 0 Å². The van der Waals surface area contributed by atoms with E-state index in [0.717, 1.165) is 0 Å². The summed E-state index contributed by atoms with van der Waals surface area (Å²) in [5.41, 5.74) is 0.447. The number of methoxy groups -OCH3 is 1. The Morgan fingerprint density at radius 2 is 2.18 bits per heavy atom. The number of nitro groups is 1. The highest BCUT2D eigenvalue weighted by Gasteiger charge is 2.18. The van der Waals surface area contributed by atoms with Gasteiger partial charge in [-0.3, -0.25) is 14.9 Å². The number of nitro benzene ring substituents is 1. The molecule has 0 aliphatic carbocycles. The summed E-state index contributed by atoms with van der Waals surface area (Å²) >= 11 is 0. The molecule has 0 atom stereocenters. The van der Waals surface area contributed by atoms with E-state index in [1.807, 2.05) is 0 Å². The van der Waals surface area contributed by atoms with Crippen LogP contribution in [0.1, 0.15) is 12.0 Å². The zero-order chi connectivity index (χ0) is 12.8. The number of rotatable bonds is 5. The summed E-state index contributed by atoms with van der Waals surface area (Å²) in [6, 6.07) is 4.80. The fraction of sp³-hybridized carbons (Fsp3) is 0.364. The largest absolute Gasteiger partial charge is 0.486 e. The molecule has 92 valence electrons. The lowest BCUT2D eigenvalue weighted by atomic mass is 10.2.